The van der Waals surface area contributed by atoms with Crippen molar-refractivity contribution in [2.24, 2.45) is 27.2 Å². The topological polar surface area (TPSA) is 71.0 Å². The van der Waals surface area contributed by atoms with Gasteiger partial charge in [0, 0.05) is 40.9 Å². The first kappa shape index (κ1) is 15.2. The van der Waals surface area contributed by atoms with Crippen molar-refractivity contribution in [2.75, 3.05) is 6.54 Å². The molecule has 6 nitrogen and oxygen atoms in total. The minimum Gasteiger partial charge on any atom is -0.338 e. The van der Waals surface area contributed by atoms with Crippen LogP contribution in [0.5, 0.6) is 0 Å². The van der Waals surface area contributed by atoms with Crippen molar-refractivity contribution < 1.29 is 9.39 Å². The second kappa shape index (κ2) is 4.84. The Hall–Kier alpha value is -1.31. The van der Waals surface area contributed by atoms with Gasteiger partial charge in [0.1, 0.15) is 11.9 Å². The van der Waals surface area contributed by atoms with Gasteiger partial charge in [-0.3, -0.25) is 9.79 Å². The molecule has 2 fully saturated rings. The Morgan fingerprint density at radius 2 is 2.22 bits per heavy atom. The van der Waals surface area contributed by atoms with Crippen LogP contribution in [0, 0.1) is 11.3 Å². The number of amides is 1. The molecule has 2 saturated heterocycles. The molecule has 0 aliphatic carbocycles. The van der Waals surface area contributed by atoms with Gasteiger partial charge >= 0.3 is 4.74 Å². The molecule has 1 unspecified atom stereocenters. The van der Waals surface area contributed by atoms with E-state index in [2.05, 4.69) is 44.7 Å². The molecule has 3 atom stereocenters. The zero-order valence-corrected chi connectivity index (χ0v) is 15.0. The lowest BCUT2D eigenvalue weighted by Crippen LogP contribution is -2.51. The van der Waals surface area contributed by atoms with E-state index in [1.807, 2.05) is 6.20 Å². The first-order valence-electron chi connectivity index (χ1n) is 8.00. The monoisotopic (exact) mass is 378 g/mol. The highest BCUT2D eigenvalue weighted by Gasteiger charge is 2.51. The van der Waals surface area contributed by atoms with Crippen molar-refractivity contribution in [2.45, 2.75) is 39.2 Å². The van der Waals surface area contributed by atoms with Crippen LogP contribution >= 0.6 is 15.9 Å². The van der Waals surface area contributed by atoms with Gasteiger partial charge < -0.3 is 4.90 Å². The molecule has 4 rings (SSSR count). The van der Waals surface area contributed by atoms with Crippen LogP contribution in [0.2, 0.25) is 0 Å². The minimum absolute atomic E-state index is 0.0399. The van der Waals surface area contributed by atoms with E-state index in [1.165, 1.54) is 0 Å². The predicted molar refractivity (Wildman–Crippen MR) is 92.1 cm³/mol. The number of quaternary nitrogens is 1. The third kappa shape index (κ3) is 2.10. The molecule has 0 aromatic heterocycles. The Balaban J connectivity index is 1.66. The van der Waals surface area contributed by atoms with E-state index in [0.717, 1.165) is 30.8 Å². The molecule has 0 saturated carbocycles. The summed E-state index contributed by atoms with van der Waals surface area (Å²) in [5.41, 5.74) is 1.93. The summed E-state index contributed by atoms with van der Waals surface area (Å²) in [7, 11) is 0. The molecule has 0 bridgehead atoms. The highest BCUT2D eigenvalue weighted by atomic mass is 79.9. The average Bonchev–Trinajstić information content (AvgIpc) is 2.90. The number of allylic oxidation sites excluding steroid dienone is 1. The number of carbonyl (C=O) groups excluding carboxylic acids is 1. The van der Waals surface area contributed by atoms with Gasteiger partial charge in [0.05, 0.1) is 12.4 Å². The molecule has 4 heterocycles. The van der Waals surface area contributed by atoms with Gasteiger partial charge in [0.25, 0.3) is 0 Å². The van der Waals surface area contributed by atoms with Crippen molar-refractivity contribution in [3.63, 3.8) is 0 Å². The van der Waals surface area contributed by atoms with Crippen molar-refractivity contribution in [1.82, 2.24) is 4.90 Å². The summed E-state index contributed by atoms with van der Waals surface area (Å²) < 4.78 is 0.707. The van der Waals surface area contributed by atoms with Gasteiger partial charge in [-0.1, -0.05) is 13.8 Å². The lowest BCUT2D eigenvalue weighted by Gasteiger charge is -2.39. The van der Waals surface area contributed by atoms with Crippen molar-refractivity contribution in [3.05, 3.63) is 23.8 Å². The molecule has 4 aliphatic rings. The Morgan fingerprint density at radius 1 is 1.43 bits per heavy atom. The molecule has 7 heteroatoms. The average molecular weight is 379 g/mol. The number of rotatable bonds is 1. The Labute approximate surface area is 144 Å². The van der Waals surface area contributed by atoms with Gasteiger partial charge in [-0.05, 0) is 18.3 Å². The van der Waals surface area contributed by atoms with E-state index in [-0.39, 0.29) is 21.8 Å². The zero-order chi connectivity index (χ0) is 16.4. The second-order valence-electron chi connectivity index (χ2n) is 7.51. The maximum Gasteiger partial charge on any atom is 0.301 e. The van der Waals surface area contributed by atoms with Gasteiger partial charge in [-0.15, -0.1) is 4.59 Å². The van der Waals surface area contributed by atoms with E-state index < -0.39 is 0 Å². The van der Waals surface area contributed by atoms with Gasteiger partial charge in [-0.2, -0.15) is 10.8 Å². The van der Waals surface area contributed by atoms with Crippen LogP contribution in [0.25, 0.3) is 0 Å². The van der Waals surface area contributed by atoms with Crippen LogP contribution in [-0.4, -0.2) is 38.9 Å². The lowest BCUT2D eigenvalue weighted by molar-refractivity contribution is -0.746. The lowest BCUT2D eigenvalue weighted by atomic mass is 9.78. The molecular formula is C16H21BrN5O+. The van der Waals surface area contributed by atoms with E-state index in [4.69, 9.17) is 5.84 Å². The molecule has 0 radical (unpaired) electrons. The van der Waals surface area contributed by atoms with E-state index in [1.54, 1.807) is 12.4 Å². The molecule has 0 spiro atoms. The summed E-state index contributed by atoms with van der Waals surface area (Å²) in [4.78, 5) is 23.4. The summed E-state index contributed by atoms with van der Waals surface area (Å²) in [6, 6.07) is 0.350. The van der Waals surface area contributed by atoms with E-state index >= 15 is 0 Å². The van der Waals surface area contributed by atoms with Crippen LogP contribution < -0.4 is 5.84 Å². The predicted octanol–water partition coefficient (Wildman–Crippen LogP) is 2.25. The summed E-state index contributed by atoms with van der Waals surface area (Å²) >= 11 is 3.49. The first-order valence-corrected chi connectivity index (χ1v) is 8.79. The fourth-order valence-corrected chi connectivity index (χ4v) is 4.78. The number of hydrogen-bond acceptors (Lipinski definition) is 4. The Kier molecular flexibility index (Phi) is 3.21. The number of amidine groups is 1. The van der Waals surface area contributed by atoms with Crippen molar-refractivity contribution in [1.29, 1.82) is 0 Å². The number of nitrogens with two attached hydrogens (primary N) is 1. The highest BCUT2D eigenvalue weighted by Crippen LogP contribution is 2.46. The van der Waals surface area contributed by atoms with E-state index in [9.17, 15) is 4.79 Å². The number of piperidine rings is 1. The van der Waals surface area contributed by atoms with E-state index in [0.29, 0.717) is 17.2 Å². The number of halogens is 1. The van der Waals surface area contributed by atoms with Crippen LogP contribution in [0.15, 0.2) is 33.8 Å². The zero-order valence-electron chi connectivity index (χ0n) is 13.4. The minimum atomic E-state index is 0.0399. The second-order valence-corrected chi connectivity index (χ2v) is 8.22. The van der Waals surface area contributed by atoms with Gasteiger partial charge in [0.2, 0.25) is 11.6 Å². The third-order valence-corrected chi connectivity index (χ3v) is 6.33. The van der Waals surface area contributed by atoms with Gasteiger partial charge in [0.15, 0.2) is 0 Å². The fourth-order valence-electron chi connectivity index (χ4n) is 4.28. The summed E-state index contributed by atoms with van der Waals surface area (Å²) in [6.45, 7) is 5.12. The quantitative estimate of drug-likeness (QED) is 0.431. The third-order valence-electron chi connectivity index (χ3n) is 5.56. The van der Waals surface area contributed by atoms with Crippen LogP contribution in [0.1, 0.15) is 33.1 Å². The molecule has 4 aliphatic heterocycles. The number of aliphatic imine (C=N–C) groups is 2. The largest absolute Gasteiger partial charge is 0.338 e. The van der Waals surface area contributed by atoms with Crippen LogP contribution in [0.4, 0.5) is 0 Å². The molecule has 23 heavy (non-hydrogen) atoms. The van der Waals surface area contributed by atoms with Gasteiger partial charge in [-0.25, -0.2) is 0 Å². The Morgan fingerprint density at radius 3 is 3.00 bits per heavy atom. The van der Waals surface area contributed by atoms with Crippen LogP contribution in [-0.2, 0) is 4.79 Å². The van der Waals surface area contributed by atoms with Crippen molar-refractivity contribution in [3.8, 4) is 0 Å². The smallest absolute Gasteiger partial charge is 0.301 e. The number of fused-ring (bicyclic) bond motifs is 2. The van der Waals surface area contributed by atoms with Crippen molar-refractivity contribution >= 4 is 32.8 Å². The molecule has 1 amide bonds. The molecule has 0 aromatic rings. The highest BCUT2D eigenvalue weighted by molar-refractivity contribution is 9.18. The summed E-state index contributed by atoms with van der Waals surface area (Å²) in [5.74, 6) is 6.91. The summed E-state index contributed by atoms with van der Waals surface area (Å²) in [6.07, 6.45) is 7.97. The summed E-state index contributed by atoms with van der Waals surface area (Å²) in [5, 5.41) is 0. The number of carbonyl (C=O) groups is 1. The molecular weight excluding hydrogens is 358 g/mol. The number of hydrogen-bond donors (Lipinski definition) is 1. The number of nitrogens with zero attached hydrogens (tertiary/aromatic N) is 4. The molecule has 122 valence electrons. The molecule has 0 aromatic carbocycles. The fraction of sp³-hybridized carbons (Fsp3) is 0.562. The normalized spacial score (nSPS) is 38.0. The molecule has 2 N–H and O–H groups in total. The maximum atomic E-state index is 12.4. The maximum absolute atomic E-state index is 12.4. The Bertz CT molecular complexity index is 707. The first-order chi connectivity index (χ1) is 10.8. The SMILES string of the molecule is CC1(C)CC(=O)N2C[C@H](C3=C4C=NC=C[N+]4(N)C(Br)=N3)CC[C@H]21. The standard InChI is InChI=1S/C16H21BrN5O/c1-16(2)7-13(23)21-9-10(3-4-12(16)21)14-11-8-19-5-6-22(11,18)15(17)20-14/h5-6,8,10,12H,3-4,7,9,18H2,1-2H3/q+1/t10-,12+,22?/m1/s1. The van der Waals surface area contributed by atoms with Crippen LogP contribution in [0.3, 0.4) is 0 Å².